The highest BCUT2D eigenvalue weighted by molar-refractivity contribution is 5.99. The lowest BCUT2D eigenvalue weighted by atomic mass is 10.0. The molecule has 1 N–H and O–H groups in total. The van der Waals surface area contributed by atoms with Crippen LogP contribution in [0, 0.1) is 0 Å². The summed E-state index contributed by atoms with van der Waals surface area (Å²) in [5, 5.41) is 7.74. The van der Waals surface area contributed by atoms with Gasteiger partial charge in [-0.05, 0) is 25.3 Å². The molecule has 1 unspecified atom stereocenters. The molecule has 1 atom stereocenters. The fourth-order valence-electron chi connectivity index (χ4n) is 3.52. The number of nitrogens with one attached hydrogen (secondary N) is 1. The molecule has 0 spiro atoms. The number of likely N-dealkylation sites (tertiary alicyclic amines) is 1. The number of piperidine rings is 1. The lowest BCUT2D eigenvalue weighted by molar-refractivity contribution is 0.0564. The highest BCUT2D eigenvalue weighted by atomic mass is 16.5. The van der Waals surface area contributed by atoms with Gasteiger partial charge >= 0.3 is 0 Å². The molecule has 1 saturated heterocycles. The average Bonchev–Trinajstić information content (AvgIpc) is 3.30. The number of amides is 1. The summed E-state index contributed by atoms with van der Waals surface area (Å²) in [6, 6.07) is 7.55. The van der Waals surface area contributed by atoms with Gasteiger partial charge in [-0.25, -0.2) is 4.98 Å². The molecule has 1 aliphatic heterocycles. The molecule has 3 heterocycles. The Kier molecular flexibility index (Phi) is 4.23. The first-order valence-corrected chi connectivity index (χ1v) is 8.45. The zero-order chi connectivity index (χ0) is 17.2. The number of aromatic nitrogens is 3. The first-order chi connectivity index (χ1) is 12.3. The molecule has 1 aromatic carbocycles. The summed E-state index contributed by atoms with van der Waals surface area (Å²) < 4.78 is 11.2. The fraction of sp³-hybridized carbons (Fsp3) is 0.389. The van der Waals surface area contributed by atoms with E-state index in [1.165, 1.54) is 6.33 Å². The molecule has 130 valence electrons. The number of ether oxygens (including phenoxy) is 1. The van der Waals surface area contributed by atoms with Gasteiger partial charge in [-0.2, -0.15) is 5.10 Å². The fourth-order valence-corrected chi connectivity index (χ4v) is 3.52. The van der Waals surface area contributed by atoms with Gasteiger partial charge in [-0.15, -0.1) is 0 Å². The van der Waals surface area contributed by atoms with Gasteiger partial charge in [0, 0.05) is 24.6 Å². The first-order valence-electron chi connectivity index (χ1n) is 8.45. The van der Waals surface area contributed by atoms with Crippen LogP contribution in [0.3, 0.4) is 0 Å². The van der Waals surface area contributed by atoms with E-state index in [4.69, 9.17) is 9.15 Å². The average molecular weight is 340 g/mol. The third-order valence-corrected chi connectivity index (χ3v) is 4.69. The second-order valence-electron chi connectivity index (χ2n) is 6.22. The van der Waals surface area contributed by atoms with Gasteiger partial charge in [-0.3, -0.25) is 9.89 Å². The maximum absolute atomic E-state index is 13.3. The molecule has 1 amide bonds. The maximum Gasteiger partial charge on any atom is 0.290 e. The van der Waals surface area contributed by atoms with Gasteiger partial charge < -0.3 is 14.1 Å². The lowest BCUT2D eigenvalue weighted by Gasteiger charge is -2.33. The van der Waals surface area contributed by atoms with E-state index in [9.17, 15) is 4.79 Å². The minimum absolute atomic E-state index is 0.104. The number of para-hydroxylation sites is 1. The first kappa shape index (κ1) is 15.8. The molecule has 2 aromatic heterocycles. The molecule has 3 aromatic rings. The van der Waals surface area contributed by atoms with Gasteiger partial charge in [0.25, 0.3) is 5.91 Å². The summed E-state index contributed by atoms with van der Waals surface area (Å²) in [5.74, 6) is 0.955. The number of nitrogens with zero attached hydrogens (tertiary/aromatic N) is 3. The summed E-state index contributed by atoms with van der Waals surface area (Å²) in [6.07, 6.45) is 4.36. The van der Waals surface area contributed by atoms with Crippen molar-refractivity contribution in [1.82, 2.24) is 20.1 Å². The smallest absolute Gasteiger partial charge is 0.290 e. The Morgan fingerprint density at radius 1 is 1.40 bits per heavy atom. The van der Waals surface area contributed by atoms with Crippen molar-refractivity contribution in [2.45, 2.75) is 31.9 Å². The topological polar surface area (TPSA) is 84.2 Å². The van der Waals surface area contributed by atoms with Crippen molar-refractivity contribution in [3.8, 4) is 0 Å². The molecule has 0 radical (unpaired) electrons. The van der Waals surface area contributed by atoms with Crippen molar-refractivity contribution in [2.24, 2.45) is 0 Å². The Hall–Kier alpha value is -2.67. The highest BCUT2D eigenvalue weighted by Gasteiger charge is 2.33. The number of hydrogen-bond donors (Lipinski definition) is 1. The van der Waals surface area contributed by atoms with Crippen LogP contribution < -0.4 is 0 Å². The van der Waals surface area contributed by atoms with Crippen LogP contribution in [0.4, 0.5) is 0 Å². The Labute approximate surface area is 145 Å². The standard InChI is InChI=1S/C18H20N4O3/c1-24-10-13-12-6-2-3-8-15(12)25-16(13)18(23)22-9-5-4-7-14(22)17-19-11-20-21-17/h2-3,6,8,11,14H,4-5,7,9-10H2,1H3,(H,19,20,21). The van der Waals surface area contributed by atoms with Crippen molar-refractivity contribution in [3.63, 3.8) is 0 Å². The number of methoxy groups -OCH3 is 1. The van der Waals surface area contributed by atoms with Crippen LogP contribution in [0.2, 0.25) is 0 Å². The molecule has 25 heavy (non-hydrogen) atoms. The SMILES string of the molecule is COCc1c(C(=O)N2CCCCC2c2ncn[nH]2)oc2ccccc12. The normalized spacial score (nSPS) is 18.0. The van der Waals surface area contributed by atoms with Crippen LogP contribution in [0.15, 0.2) is 35.0 Å². The van der Waals surface area contributed by atoms with E-state index < -0.39 is 0 Å². The largest absolute Gasteiger partial charge is 0.451 e. The van der Waals surface area contributed by atoms with Crippen LogP contribution >= 0.6 is 0 Å². The van der Waals surface area contributed by atoms with Crippen molar-refractivity contribution in [2.75, 3.05) is 13.7 Å². The molecular formula is C18H20N4O3. The number of fused-ring (bicyclic) bond motifs is 1. The van der Waals surface area contributed by atoms with Crippen molar-refractivity contribution >= 4 is 16.9 Å². The lowest BCUT2D eigenvalue weighted by Crippen LogP contribution is -2.39. The summed E-state index contributed by atoms with van der Waals surface area (Å²) in [5.41, 5.74) is 1.50. The van der Waals surface area contributed by atoms with Gasteiger partial charge in [0.2, 0.25) is 0 Å². The van der Waals surface area contributed by atoms with E-state index in [0.29, 0.717) is 24.5 Å². The number of H-pyrrole nitrogens is 1. The zero-order valence-electron chi connectivity index (χ0n) is 14.1. The molecule has 1 fully saturated rings. The third-order valence-electron chi connectivity index (χ3n) is 4.69. The summed E-state index contributed by atoms with van der Waals surface area (Å²) in [7, 11) is 1.62. The van der Waals surface area contributed by atoms with Crippen LogP contribution in [-0.4, -0.2) is 39.6 Å². The zero-order valence-corrected chi connectivity index (χ0v) is 14.1. The van der Waals surface area contributed by atoms with E-state index in [0.717, 1.165) is 36.0 Å². The number of benzene rings is 1. The number of rotatable bonds is 4. The molecule has 0 bridgehead atoms. The van der Waals surface area contributed by atoms with Crippen molar-refractivity contribution in [3.05, 3.63) is 47.7 Å². The Morgan fingerprint density at radius 3 is 3.08 bits per heavy atom. The predicted molar refractivity (Wildman–Crippen MR) is 90.9 cm³/mol. The summed E-state index contributed by atoms with van der Waals surface area (Å²) in [4.78, 5) is 19.4. The van der Waals surface area contributed by atoms with Gasteiger partial charge in [0.1, 0.15) is 17.7 Å². The molecule has 7 nitrogen and oxygen atoms in total. The van der Waals surface area contributed by atoms with Crippen LogP contribution in [0.25, 0.3) is 11.0 Å². The third kappa shape index (κ3) is 2.80. The maximum atomic E-state index is 13.3. The molecule has 7 heteroatoms. The molecule has 4 rings (SSSR count). The van der Waals surface area contributed by atoms with Crippen LogP contribution in [-0.2, 0) is 11.3 Å². The van der Waals surface area contributed by atoms with E-state index in [-0.39, 0.29) is 11.9 Å². The van der Waals surface area contributed by atoms with E-state index in [2.05, 4.69) is 15.2 Å². The minimum Gasteiger partial charge on any atom is -0.451 e. The minimum atomic E-state index is -0.121. The second-order valence-corrected chi connectivity index (χ2v) is 6.22. The second kappa shape index (κ2) is 6.68. The van der Waals surface area contributed by atoms with Gasteiger partial charge in [0.15, 0.2) is 5.76 Å². The number of carbonyl (C=O) groups is 1. The monoisotopic (exact) mass is 340 g/mol. The predicted octanol–water partition coefficient (Wildman–Crippen LogP) is 3.06. The molecular weight excluding hydrogens is 320 g/mol. The van der Waals surface area contributed by atoms with Crippen LogP contribution in [0.5, 0.6) is 0 Å². The number of aromatic amines is 1. The summed E-state index contributed by atoms with van der Waals surface area (Å²) in [6.45, 7) is 1.01. The van der Waals surface area contributed by atoms with Gasteiger partial charge in [-0.1, -0.05) is 18.2 Å². The Morgan fingerprint density at radius 2 is 2.28 bits per heavy atom. The van der Waals surface area contributed by atoms with Crippen molar-refractivity contribution < 1.29 is 13.9 Å². The van der Waals surface area contributed by atoms with E-state index in [1.54, 1.807) is 7.11 Å². The molecule has 0 aliphatic carbocycles. The molecule has 0 saturated carbocycles. The highest BCUT2D eigenvalue weighted by Crippen LogP contribution is 2.33. The van der Waals surface area contributed by atoms with E-state index >= 15 is 0 Å². The quantitative estimate of drug-likeness (QED) is 0.789. The molecule has 1 aliphatic rings. The number of hydrogen-bond acceptors (Lipinski definition) is 5. The van der Waals surface area contributed by atoms with Crippen molar-refractivity contribution in [1.29, 1.82) is 0 Å². The van der Waals surface area contributed by atoms with E-state index in [1.807, 2.05) is 29.2 Å². The Bertz CT molecular complexity index is 872. The van der Waals surface area contributed by atoms with Crippen LogP contribution in [0.1, 0.15) is 47.2 Å². The Balaban J connectivity index is 1.74. The van der Waals surface area contributed by atoms with Gasteiger partial charge in [0.05, 0.1) is 12.6 Å². The number of carbonyl (C=O) groups excluding carboxylic acids is 1. The number of furan rings is 1. The summed E-state index contributed by atoms with van der Waals surface area (Å²) >= 11 is 0.